The molecule has 0 spiro atoms. The first-order valence-corrected chi connectivity index (χ1v) is 9.62. The Morgan fingerprint density at radius 2 is 1.93 bits per heavy atom. The standard InChI is InChI=1S/C20H16N5O.C3H7.U/c1-12-17-18(23-24(12)2)20(26)25(19(17)13-6-4-3-5-7-13)14-8-9-15-16(10-14)22-11-21-15;1-3-2;/h4-11,19H,1-2H3,(H,21,22);1,3H2,2H3;/q2*-1;+2. The number of fused-ring (bicyclic) bond motifs is 2. The second-order valence-electron chi connectivity index (χ2n) is 6.99. The molecule has 1 aliphatic heterocycles. The van der Waals surface area contributed by atoms with Crippen LogP contribution in [0.15, 0.2) is 48.8 Å². The average Bonchev–Trinajstić information content (AvgIpc) is 3.38. The predicted octanol–water partition coefficient (Wildman–Crippen LogP) is 4.39. The van der Waals surface area contributed by atoms with E-state index in [9.17, 15) is 4.79 Å². The van der Waals surface area contributed by atoms with Gasteiger partial charge in [0.2, 0.25) is 0 Å². The minimum Gasteiger partial charge on any atom is -0.345 e. The van der Waals surface area contributed by atoms with Gasteiger partial charge < -0.3 is 11.9 Å². The number of anilines is 1. The third-order valence-corrected chi connectivity index (χ3v) is 5.08. The Morgan fingerprint density at radius 3 is 2.63 bits per heavy atom. The molecule has 1 unspecified atom stereocenters. The molecule has 3 heterocycles. The molecule has 2 aromatic carbocycles. The molecule has 4 aromatic rings. The van der Waals surface area contributed by atoms with E-state index in [1.54, 1.807) is 11.0 Å². The van der Waals surface area contributed by atoms with Gasteiger partial charge in [-0.15, -0.1) is 5.56 Å². The van der Waals surface area contributed by atoms with E-state index >= 15 is 0 Å². The quantitative estimate of drug-likeness (QED) is 0.337. The number of aryl methyl sites for hydroxylation is 1. The first-order valence-electron chi connectivity index (χ1n) is 9.62. The molecular weight excluding hydrogens is 600 g/mol. The van der Waals surface area contributed by atoms with Crippen LogP contribution in [0.4, 0.5) is 5.69 Å². The zero-order chi connectivity index (χ0) is 20.5. The van der Waals surface area contributed by atoms with E-state index in [0.717, 1.165) is 40.0 Å². The largest absolute Gasteiger partial charge is 2.00 e. The van der Waals surface area contributed by atoms with Crippen molar-refractivity contribution in [2.45, 2.75) is 26.3 Å². The second kappa shape index (κ2) is 9.20. The van der Waals surface area contributed by atoms with Crippen molar-refractivity contribution >= 4 is 22.6 Å². The number of hydrogen-bond acceptors (Lipinski definition) is 3. The third kappa shape index (κ3) is 3.73. The minimum atomic E-state index is -0.207. The van der Waals surface area contributed by atoms with Gasteiger partial charge in [0.15, 0.2) is 5.69 Å². The van der Waals surface area contributed by atoms with Crippen LogP contribution in [0.1, 0.15) is 46.7 Å². The van der Waals surface area contributed by atoms with Crippen molar-refractivity contribution in [3.05, 3.63) is 84.3 Å². The zero-order valence-electron chi connectivity index (χ0n) is 17.3. The van der Waals surface area contributed by atoms with Gasteiger partial charge in [0.05, 0.1) is 23.4 Å². The van der Waals surface area contributed by atoms with Gasteiger partial charge in [-0.1, -0.05) is 6.92 Å². The van der Waals surface area contributed by atoms with Gasteiger partial charge in [0, 0.05) is 24.0 Å². The molecule has 0 bridgehead atoms. The summed E-state index contributed by atoms with van der Waals surface area (Å²) in [6.07, 6.45) is 2.66. The average molecular weight is 624 g/mol. The minimum absolute atomic E-state index is 0. The van der Waals surface area contributed by atoms with Crippen molar-refractivity contribution in [2.75, 3.05) is 4.90 Å². The fourth-order valence-corrected chi connectivity index (χ4v) is 3.71. The SMILES string of the molecule is Cc1c2c(nn1C)C(=O)N(c1ccc3nc[nH]c3c1)C2c1cc[c-]cc1.[CH2-]CC.[U+2]. The van der Waals surface area contributed by atoms with Crippen molar-refractivity contribution in [3.8, 4) is 0 Å². The smallest absolute Gasteiger partial charge is 0.345 e. The molecule has 1 aliphatic rings. The summed E-state index contributed by atoms with van der Waals surface area (Å²) in [5, 5.41) is 4.47. The van der Waals surface area contributed by atoms with E-state index in [1.807, 2.05) is 68.3 Å². The van der Waals surface area contributed by atoms with E-state index in [0.29, 0.717) is 5.69 Å². The summed E-state index contributed by atoms with van der Waals surface area (Å²) in [5.74, 6) is -0.0830. The second-order valence-corrected chi connectivity index (χ2v) is 6.99. The van der Waals surface area contributed by atoms with Crippen LogP contribution in [0.2, 0.25) is 0 Å². The predicted molar refractivity (Wildman–Crippen MR) is 114 cm³/mol. The van der Waals surface area contributed by atoms with Crippen molar-refractivity contribution in [3.63, 3.8) is 0 Å². The molecule has 6 nitrogen and oxygen atoms in total. The number of imidazole rings is 1. The van der Waals surface area contributed by atoms with Crippen LogP contribution in [0, 0.1) is 51.0 Å². The number of hydrogen-bond donors (Lipinski definition) is 1. The van der Waals surface area contributed by atoms with E-state index in [1.165, 1.54) is 0 Å². The Bertz CT molecular complexity index is 1170. The number of aromatic amines is 1. The number of rotatable bonds is 2. The number of H-pyrrole nitrogens is 1. The van der Waals surface area contributed by atoms with Crippen molar-refractivity contribution in [1.82, 2.24) is 19.7 Å². The first kappa shape index (κ1) is 22.3. The Labute approximate surface area is 200 Å². The van der Waals surface area contributed by atoms with Gasteiger partial charge in [0.25, 0.3) is 5.91 Å². The molecule has 0 fully saturated rings. The molecule has 0 saturated heterocycles. The van der Waals surface area contributed by atoms with Crippen molar-refractivity contribution in [2.24, 2.45) is 7.05 Å². The van der Waals surface area contributed by atoms with Crippen LogP contribution in [-0.4, -0.2) is 25.7 Å². The molecule has 1 N–H and O–H groups in total. The van der Waals surface area contributed by atoms with Gasteiger partial charge >= 0.3 is 31.1 Å². The summed E-state index contributed by atoms with van der Waals surface area (Å²) in [7, 11) is 1.87. The zero-order valence-corrected chi connectivity index (χ0v) is 21.5. The monoisotopic (exact) mass is 623 g/mol. The van der Waals surface area contributed by atoms with E-state index in [-0.39, 0.29) is 43.1 Å². The van der Waals surface area contributed by atoms with Crippen molar-refractivity contribution in [1.29, 1.82) is 0 Å². The fourth-order valence-electron chi connectivity index (χ4n) is 3.71. The summed E-state index contributed by atoms with van der Waals surface area (Å²) >= 11 is 0. The van der Waals surface area contributed by atoms with Gasteiger partial charge in [-0.05, 0) is 25.1 Å². The molecule has 0 aliphatic carbocycles. The van der Waals surface area contributed by atoms with E-state index in [4.69, 9.17) is 0 Å². The van der Waals surface area contributed by atoms with Gasteiger partial charge in [-0.3, -0.25) is 14.4 Å². The molecule has 0 saturated carbocycles. The first-order chi connectivity index (χ1) is 14.1. The molecule has 5 rings (SSSR count). The number of benzene rings is 2. The molecule has 30 heavy (non-hydrogen) atoms. The van der Waals surface area contributed by atoms with E-state index < -0.39 is 0 Å². The molecule has 2 aromatic heterocycles. The molecule has 0 radical (unpaired) electrons. The number of carbonyl (C=O) groups is 1. The summed E-state index contributed by atoms with van der Waals surface area (Å²) in [5.41, 5.74) is 6.12. The molecule has 150 valence electrons. The Morgan fingerprint density at radius 1 is 1.23 bits per heavy atom. The maximum Gasteiger partial charge on any atom is 2.00 e. The van der Waals surface area contributed by atoms with Crippen LogP contribution in [0.25, 0.3) is 11.0 Å². The summed E-state index contributed by atoms with van der Waals surface area (Å²) in [4.78, 5) is 22.4. The summed E-state index contributed by atoms with van der Waals surface area (Å²) in [6, 6.07) is 16.4. The molecule has 7 heteroatoms. The van der Waals surface area contributed by atoms with Crippen LogP contribution >= 0.6 is 0 Å². The van der Waals surface area contributed by atoms with Gasteiger partial charge in [-0.2, -0.15) is 41.9 Å². The van der Waals surface area contributed by atoms with Gasteiger partial charge in [-0.25, -0.2) is 4.98 Å². The van der Waals surface area contributed by atoms with Crippen LogP contribution in [0.3, 0.4) is 0 Å². The van der Waals surface area contributed by atoms with Crippen LogP contribution in [-0.2, 0) is 7.05 Å². The maximum absolute atomic E-state index is 13.2. The Hall–Kier alpha value is -2.36. The van der Waals surface area contributed by atoms with Gasteiger partial charge in [0.1, 0.15) is 0 Å². The topological polar surface area (TPSA) is 66.8 Å². The Balaban J connectivity index is 0.000000606. The van der Waals surface area contributed by atoms with Crippen LogP contribution < -0.4 is 4.90 Å². The van der Waals surface area contributed by atoms with Crippen LogP contribution in [0.5, 0.6) is 0 Å². The van der Waals surface area contributed by atoms with Crippen molar-refractivity contribution < 1.29 is 35.9 Å². The Kier molecular flexibility index (Phi) is 6.85. The maximum atomic E-state index is 13.2. The normalized spacial score (nSPS) is 14.9. The summed E-state index contributed by atoms with van der Waals surface area (Å²) in [6.45, 7) is 7.50. The number of nitrogens with zero attached hydrogens (tertiary/aromatic N) is 4. The molecule has 1 atom stereocenters. The molecule has 1 amide bonds. The number of aromatic nitrogens is 4. The number of carbonyl (C=O) groups excluding carboxylic acids is 1. The number of amides is 1. The van der Waals surface area contributed by atoms with E-state index in [2.05, 4.69) is 28.1 Å². The summed E-state index contributed by atoms with van der Waals surface area (Å²) < 4.78 is 1.78. The fraction of sp³-hybridized carbons (Fsp3) is 0.217. The third-order valence-electron chi connectivity index (χ3n) is 5.08. The molecular formula is C23H23N5OU. The number of nitrogens with one attached hydrogen (secondary N) is 1.